The van der Waals surface area contributed by atoms with Crippen molar-refractivity contribution < 1.29 is 5.21 Å². The Morgan fingerprint density at radius 1 is 1.50 bits per heavy atom. The Hall–Kier alpha value is 0.270. The molecule has 0 atom stereocenters. The molecular weight excluding hydrogens is 146 g/mol. The highest BCUT2D eigenvalue weighted by molar-refractivity contribution is 8.00. The summed E-state index contributed by atoms with van der Waals surface area (Å²) >= 11 is 1.90. The first-order valence-corrected chi connectivity index (χ1v) is 4.75. The molecule has 1 fully saturated rings. The smallest absolute Gasteiger partial charge is 0.0660 e. The van der Waals surface area contributed by atoms with Crippen LogP contribution in [0, 0.1) is 5.92 Å². The van der Waals surface area contributed by atoms with Gasteiger partial charge in [0.1, 0.15) is 0 Å². The Bertz CT molecular complexity index is 111. The number of rotatable bonds is 2. The van der Waals surface area contributed by atoms with Crippen molar-refractivity contribution in [1.82, 2.24) is 5.06 Å². The fourth-order valence-electron chi connectivity index (χ4n) is 1.21. The summed E-state index contributed by atoms with van der Waals surface area (Å²) < 4.78 is 0. The van der Waals surface area contributed by atoms with Gasteiger partial charge in [-0.1, -0.05) is 13.8 Å². The molecule has 1 aliphatic heterocycles. The molecule has 60 valence electrons. The average molecular weight is 161 g/mol. The molecule has 1 N–H and O–H groups in total. The first-order chi connectivity index (χ1) is 4.59. The number of hydrogen-bond acceptors (Lipinski definition) is 3. The molecule has 1 saturated heterocycles. The third-order valence-electron chi connectivity index (χ3n) is 2.42. The summed E-state index contributed by atoms with van der Waals surface area (Å²) in [6, 6.07) is 0. The Morgan fingerprint density at radius 2 is 2.00 bits per heavy atom. The van der Waals surface area contributed by atoms with E-state index in [1.165, 1.54) is 5.06 Å². The summed E-state index contributed by atoms with van der Waals surface area (Å²) in [5.41, 5.74) is 0.0741. The molecule has 1 rings (SSSR count). The molecule has 0 aromatic rings. The molecule has 0 radical (unpaired) electrons. The van der Waals surface area contributed by atoms with Gasteiger partial charge in [0.05, 0.1) is 5.54 Å². The van der Waals surface area contributed by atoms with Gasteiger partial charge in [-0.2, -0.15) is 16.8 Å². The summed E-state index contributed by atoms with van der Waals surface area (Å²) in [4.78, 5) is 0. The van der Waals surface area contributed by atoms with E-state index >= 15 is 0 Å². The highest BCUT2D eigenvalue weighted by Gasteiger charge is 2.44. The molecule has 0 aromatic heterocycles. The van der Waals surface area contributed by atoms with Crippen LogP contribution in [-0.2, 0) is 0 Å². The molecule has 0 amide bonds. The van der Waals surface area contributed by atoms with Crippen LogP contribution in [0.4, 0.5) is 0 Å². The van der Waals surface area contributed by atoms with Crippen molar-refractivity contribution >= 4 is 11.8 Å². The Kier molecular flexibility index (Phi) is 2.28. The van der Waals surface area contributed by atoms with Gasteiger partial charge in [-0.25, -0.2) is 0 Å². The number of hydroxylamine groups is 2. The van der Waals surface area contributed by atoms with Crippen LogP contribution < -0.4 is 0 Å². The summed E-state index contributed by atoms with van der Waals surface area (Å²) in [6.45, 7) is 4.32. The topological polar surface area (TPSA) is 23.5 Å². The second-order valence-electron chi connectivity index (χ2n) is 3.27. The highest BCUT2D eigenvalue weighted by atomic mass is 32.2. The fraction of sp³-hybridized carbons (Fsp3) is 1.00. The van der Waals surface area contributed by atoms with Gasteiger partial charge in [-0.15, -0.1) is 0 Å². The third-order valence-corrected chi connectivity index (χ3v) is 3.83. The zero-order chi connectivity index (χ0) is 7.78. The lowest BCUT2D eigenvalue weighted by Gasteiger charge is -2.48. The van der Waals surface area contributed by atoms with Crippen LogP contribution in [0.1, 0.15) is 13.8 Å². The van der Waals surface area contributed by atoms with E-state index in [4.69, 9.17) is 0 Å². The van der Waals surface area contributed by atoms with Crippen molar-refractivity contribution in [2.45, 2.75) is 19.4 Å². The monoisotopic (exact) mass is 161 g/mol. The van der Waals surface area contributed by atoms with Gasteiger partial charge in [0.15, 0.2) is 0 Å². The zero-order valence-corrected chi connectivity index (χ0v) is 7.61. The third kappa shape index (κ3) is 1.06. The number of thioether (sulfide) groups is 1. The Morgan fingerprint density at radius 3 is 2.00 bits per heavy atom. The molecule has 0 spiro atoms. The summed E-state index contributed by atoms with van der Waals surface area (Å²) in [7, 11) is 1.75. The first-order valence-electron chi connectivity index (χ1n) is 3.60. The fourth-order valence-corrected chi connectivity index (χ4v) is 2.87. The van der Waals surface area contributed by atoms with E-state index in [1.54, 1.807) is 7.05 Å². The molecule has 10 heavy (non-hydrogen) atoms. The molecule has 1 aliphatic rings. The molecule has 2 nitrogen and oxygen atoms in total. The van der Waals surface area contributed by atoms with Gasteiger partial charge in [-0.3, -0.25) is 0 Å². The second kappa shape index (κ2) is 2.72. The minimum absolute atomic E-state index is 0.0741. The van der Waals surface area contributed by atoms with E-state index in [2.05, 4.69) is 13.8 Å². The maximum absolute atomic E-state index is 9.31. The molecular formula is C7H15NOS. The minimum atomic E-state index is 0.0741. The predicted octanol–water partition coefficient (Wildman–Crippen LogP) is 1.45. The van der Waals surface area contributed by atoms with Crippen molar-refractivity contribution in [1.29, 1.82) is 0 Å². The SMILES string of the molecule is CC(C)C1(N(C)O)CSC1. The number of nitrogens with zero attached hydrogens (tertiary/aromatic N) is 1. The summed E-state index contributed by atoms with van der Waals surface area (Å²) in [6.07, 6.45) is 0. The van der Waals surface area contributed by atoms with E-state index in [-0.39, 0.29) is 5.54 Å². The average Bonchev–Trinajstić information content (AvgIpc) is 1.57. The Balaban J connectivity index is 2.59. The van der Waals surface area contributed by atoms with Gasteiger partial charge < -0.3 is 5.21 Å². The lowest BCUT2D eigenvalue weighted by atomic mass is 9.89. The van der Waals surface area contributed by atoms with Crippen LogP contribution in [0.5, 0.6) is 0 Å². The maximum atomic E-state index is 9.31. The molecule has 0 unspecified atom stereocenters. The van der Waals surface area contributed by atoms with E-state index in [0.29, 0.717) is 5.92 Å². The van der Waals surface area contributed by atoms with Crippen LogP contribution in [-0.4, -0.2) is 34.4 Å². The van der Waals surface area contributed by atoms with Crippen LogP contribution in [0.25, 0.3) is 0 Å². The largest absolute Gasteiger partial charge is 0.314 e. The van der Waals surface area contributed by atoms with Gasteiger partial charge in [-0.05, 0) is 5.92 Å². The van der Waals surface area contributed by atoms with Crippen molar-refractivity contribution in [3.05, 3.63) is 0 Å². The lowest BCUT2D eigenvalue weighted by Crippen LogP contribution is -2.58. The van der Waals surface area contributed by atoms with Gasteiger partial charge in [0.2, 0.25) is 0 Å². The number of hydrogen-bond donors (Lipinski definition) is 1. The van der Waals surface area contributed by atoms with Crippen molar-refractivity contribution in [2.75, 3.05) is 18.6 Å². The van der Waals surface area contributed by atoms with Crippen molar-refractivity contribution in [2.24, 2.45) is 5.92 Å². The van der Waals surface area contributed by atoms with Gasteiger partial charge in [0.25, 0.3) is 0 Å². The Labute approximate surface area is 66.6 Å². The molecule has 3 heteroatoms. The van der Waals surface area contributed by atoms with Gasteiger partial charge >= 0.3 is 0 Å². The second-order valence-corrected chi connectivity index (χ2v) is 4.26. The van der Waals surface area contributed by atoms with Crippen molar-refractivity contribution in [3.8, 4) is 0 Å². The lowest BCUT2D eigenvalue weighted by molar-refractivity contribution is -0.155. The quantitative estimate of drug-likeness (QED) is 0.620. The van der Waals surface area contributed by atoms with Crippen LogP contribution >= 0.6 is 11.8 Å². The van der Waals surface area contributed by atoms with Gasteiger partial charge in [0, 0.05) is 18.6 Å². The molecule has 0 aliphatic carbocycles. The molecule has 0 bridgehead atoms. The van der Waals surface area contributed by atoms with E-state index in [0.717, 1.165) is 11.5 Å². The zero-order valence-electron chi connectivity index (χ0n) is 6.79. The van der Waals surface area contributed by atoms with E-state index in [9.17, 15) is 5.21 Å². The summed E-state index contributed by atoms with van der Waals surface area (Å²) in [5, 5.41) is 10.7. The molecule has 0 saturated carbocycles. The minimum Gasteiger partial charge on any atom is -0.314 e. The van der Waals surface area contributed by atoms with Crippen LogP contribution in [0.2, 0.25) is 0 Å². The van der Waals surface area contributed by atoms with Crippen LogP contribution in [0.15, 0.2) is 0 Å². The van der Waals surface area contributed by atoms with Crippen LogP contribution in [0.3, 0.4) is 0 Å². The normalized spacial score (nSPS) is 23.4. The van der Waals surface area contributed by atoms with E-state index < -0.39 is 0 Å². The molecule has 1 heterocycles. The standard InChI is InChI=1S/C7H15NOS/c1-6(2)7(8(3)9)4-10-5-7/h6,9H,4-5H2,1-3H3. The predicted molar refractivity (Wildman–Crippen MR) is 44.4 cm³/mol. The van der Waals surface area contributed by atoms with Crippen molar-refractivity contribution in [3.63, 3.8) is 0 Å². The summed E-state index contributed by atoms with van der Waals surface area (Å²) in [5.74, 6) is 2.68. The first kappa shape index (κ1) is 8.37. The molecule has 0 aromatic carbocycles. The van der Waals surface area contributed by atoms with E-state index in [1.807, 2.05) is 11.8 Å². The maximum Gasteiger partial charge on any atom is 0.0660 e. The highest BCUT2D eigenvalue weighted by Crippen LogP contribution is 2.39.